The third-order valence-electron chi connectivity index (χ3n) is 8.35. The molecule has 10 heteroatoms. The van der Waals surface area contributed by atoms with Gasteiger partial charge in [-0.3, -0.25) is 14.4 Å². The monoisotopic (exact) mass is 569 g/mol. The number of piperazine rings is 1. The van der Waals surface area contributed by atoms with Crippen LogP contribution in [0.2, 0.25) is 5.02 Å². The van der Waals surface area contributed by atoms with Gasteiger partial charge in [0.1, 0.15) is 5.82 Å². The number of piperidine rings is 2. The lowest BCUT2D eigenvalue weighted by Gasteiger charge is -2.51. The van der Waals surface area contributed by atoms with Crippen molar-refractivity contribution in [2.45, 2.75) is 31.3 Å². The summed E-state index contributed by atoms with van der Waals surface area (Å²) in [5, 5.41) is 9.29. The molecule has 0 spiro atoms. The number of carbonyl (C=O) groups excluding carboxylic acids is 2. The van der Waals surface area contributed by atoms with Gasteiger partial charge in [0, 0.05) is 48.6 Å². The van der Waals surface area contributed by atoms with Crippen LogP contribution in [0.1, 0.15) is 44.8 Å². The van der Waals surface area contributed by atoms with Gasteiger partial charge in [0.05, 0.1) is 32.7 Å². The number of fused-ring (bicyclic) bond motifs is 5. The van der Waals surface area contributed by atoms with Crippen molar-refractivity contribution in [3.05, 3.63) is 110 Å². The summed E-state index contributed by atoms with van der Waals surface area (Å²) in [6.07, 6.45) is 3.53. The molecule has 3 aromatic carbocycles. The number of halogens is 2. The predicted molar refractivity (Wildman–Crippen MR) is 154 cm³/mol. The highest BCUT2D eigenvalue weighted by molar-refractivity contribution is 6.35. The smallest absolute Gasteiger partial charge is 0.272 e. The van der Waals surface area contributed by atoms with Gasteiger partial charge in [-0.25, -0.2) is 9.49 Å². The quantitative estimate of drug-likeness (QED) is 0.321. The highest BCUT2D eigenvalue weighted by Gasteiger charge is 2.44. The predicted octanol–water partition coefficient (Wildman–Crippen LogP) is 4.92. The van der Waals surface area contributed by atoms with Gasteiger partial charge in [-0.2, -0.15) is 5.10 Å². The molecule has 0 saturated carbocycles. The molecule has 0 aliphatic carbocycles. The Hall–Kier alpha value is -4.50. The molecule has 2 atom stereocenters. The molecule has 3 aliphatic rings. The lowest BCUT2D eigenvalue weighted by Crippen LogP contribution is -2.65. The van der Waals surface area contributed by atoms with Crippen molar-refractivity contribution in [2.24, 2.45) is 0 Å². The van der Waals surface area contributed by atoms with E-state index in [1.165, 1.54) is 6.07 Å². The SMILES string of the molecule is O=C(c1cc(Cc2n[nH]c(=O)c3ccccc23)ccc1F)N1CC2CCC1CN2C(=O)c1c[nH]c2c(Cl)cccc12. The van der Waals surface area contributed by atoms with Crippen molar-refractivity contribution in [3.8, 4) is 0 Å². The topological polar surface area (TPSA) is 102 Å². The van der Waals surface area contributed by atoms with E-state index in [1.807, 2.05) is 29.2 Å². The van der Waals surface area contributed by atoms with E-state index in [1.54, 1.807) is 41.4 Å². The molecule has 206 valence electrons. The van der Waals surface area contributed by atoms with Crippen molar-refractivity contribution in [1.29, 1.82) is 0 Å². The number of rotatable bonds is 4. The number of hydrogen-bond donors (Lipinski definition) is 2. The van der Waals surface area contributed by atoms with E-state index in [9.17, 15) is 14.4 Å². The molecular formula is C31H25ClFN5O3. The second kappa shape index (κ2) is 9.85. The summed E-state index contributed by atoms with van der Waals surface area (Å²) in [6, 6.07) is 16.8. The van der Waals surface area contributed by atoms with Crippen molar-refractivity contribution in [3.63, 3.8) is 0 Å². The molecule has 8 rings (SSSR count). The van der Waals surface area contributed by atoms with E-state index in [0.717, 1.165) is 23.7 Å². The lowest BCUT2D eigenvalue weighted by atomic mass is 9.89. The lowest BCUT2D eigenvalue weighted by molar-refractivity contribution is -0.00619. The summed E-state index contributed by atoms with van der Waals surface area (Å²) in [7, 11) is 0. The molecular weight excluding hydrogens is 545 g/mol. The Morgan fingerprint density at radius 1 is 0.902 bits per heavy atom. The fourth-order valence-electron chi connectivity index (χ4n) is 6.28. The van der Waals surface area contributed by atoms with Gasteiger partial charge >= 0.3 is 0 Å². The van der Waals surface area contributed by atoms with Crippen LogP contribution >= 0.6 is 11.6 Å². The zero-order valence-corrected chi connectivity index (χ0v) is 22.6. The Labute approximate surface area is 238 Å². The molecule has 2 bridgehead atoms. The molecule has 41 heavy (non-hydrogen) atoms. The second-order valence-electron chi connectivity index (χ2n) is 10.7. The molecule has 3 aliphatic heterocycles. The molecule has 3 saturated heterocycles. The van der Waals surface area contributed by atoms with Crippen LogP contribution < -0.4 is 5.56 Å². The molecule has 2 amide bonds. The number of H-pyrrole nitrogens is 2. The maximum atomic E-state index is 15.0. The highest BCUT2D eigenvalue weighted by Crippen LogP contribution is 2.34. The molecule has 0 radical (unpaired) electrons. The number of aromatic amines is 2. The zero-order valence-electron chi connectivity index (χ0n) is 21.9. The number of aromatic nitrogens is 3. The van der Waals surface area contributed by atoms with Crippen LogP contribution in [0.3, 0.4) is 0 Å². The summed E-state index contributed by atoms with van der Waals surface area (Å²) in [4.78, 5) is 46.1. The molecule has 8 nitrogen and oxygen atoms in total. The van der Waals surface area contributed by atoms with Gasteiger partial charge in [-0.05, 0) is 42.7 Å². The summed E-state index contributed by atoms with van der Waals surface area (Å²) in [6.45, 7) is 0.727. The first-order valence-electron chi connectivity index (χ1n) is 13.5. The molecule has 2 N–H and O–H groups in total. The third-order valence-corrected chi connectivity index (χ3v) is 8.67. The minimum Gasteiger partial charge on any atom is -0.359 e. The number of hydrogen-bond acceptors (Lipinski definition) is 4. The van der Waals surface area contributed by atoms with Crippen molar-refractivity contribution >= 4 is 45.1 Å². The number of nitrogens with one attached hydrogen (secondary N) is 2. The fourth-order valence-corrected chi connectivity index (χ4v) is 6.50. The number of amides is 2. The van der Waals surface area contributed by atoms with Crippen LogP contribution in [-0.4, -0.2) is 62.0 Å². The van der Waals surface area contributed by atoms with E-state index < -0.39 is 5.82 Å². The normalized spacial score (nSPS) is 18.4. The highest BCUT2D eigenvalue weighted by atomic mass is 35.5. The van der Waals surface area contributed by atoms with E-state index >= 15 is 4.39 Å². The van der Waals surface area contributed by atoms with Gasteiger partial charge < -0.3 is 14.8 Å². The van der Waals surface area contributed by atoms with E-state index in [2.05, 4.69) is 15.2 Å². The maximum absolute atomic E-state index is 15.0. The fraction of sp³-hybridized carbons (Fsp3) is 0.226. The van der Waals surface area contributed by atoms with Crippen LogP contribution in [0.25, 0.3) is 21.7 Å². The van der Waals surface area contributed by atoms with Crippen molar-refractivity contribution in [1.82, 2.24) is 25.0 Å². The summed E-state index contributed by atoms with van der Waals surface area (Å²) >= 11 is 6.29. The van der Waals surface area contributed by atoms with Gasteiger partial charge in [0.2, 0.25) is 0 Å². The molecule has 2 unspecified atom stereocenters. The minimum absolute atomic E-state index is 0.00655. The summed E-state index contributed by atoms with van der Waals surface area (Å²) < 4.78 is 15.0. The Morgan fingerprint density at radius 2 is 1.59 bits per heavy atom. The van der Waals surface area contributed by atoms with Crippen LogP contribution in [0.4, 0.5) is 4.39 Å². The number of carbonyl (C=O) groups is 2. The first-order valence-corrected chi connectivity index (χ1v) is 13.9. The van der Waals surface area contributed by atoms with E-state index in [-0.39, 0.29) is 35.0 Å². The Morgan fingerprint density at radius 3 is 2.32 bits per heavy atom. The molecule has 5 aromatic rings. The van der Waals surface area contributed by atoms with Crippen LogP contribution in [-0.2, 0) is 6.42 Å². The van der Waals surface area contributed by atoms with Crippen LogP contribution in [0, 0.1) is 5.82 Å². The number of nitrogens with zero attached hydrogens (tertiary/aromatic N) is 3. The summed E-state index contributed by atoms with van der Waals surface area (Å²) in [5.41, 5.74) is 2.33. The molecule has 3 fully saturated rings. The van der Waals surface area contributed by atoms with Gasteiger partial charge in [-0.15, -0.1) is 0 Å². The molecule has 2 aromatic heterocycles. The van der Waals surface area contributed by atoms with Gasteiger partial charge in [-0.1, -0.05) is 48.0 Å². The second-order valence-corrected chi connectivity index (χ2v) is 11.1. The first-order chi connectivity index (χ1) is 19.9. The van der Waals surface area contributed by atoms with Gasteiger partial charge in [0.25, 0.3) is 17.4 Å². The minimum atomic E-state index is -0.594. The van der Waals surface area contributed by atoms with Crippen LogP contribution in [0.5, 0.6) is 0 Å². The zero-order chi connectivity index (χ0) is 28.2. The van der Waals surface area contributed by atoms with Gasteiger partial charge in [0.15, 0.2) is 0 Å². The Bertz CT molecular complexity index is 1920. The Balaban J connectivity index is 1.13. The Kier molecular flexibility index (Phi) is 6.12. The standard InChI is InChI=1S/C31H25ClFN5O3/c32-25-7-3-6-21-24(14-34-28(21)25)31(41)38-16-18-9-10-19(38)15-37(18)30(40)23-12-17(8-11-26(23)33)13-27-20-4-1-2-5-22(20)29(39)36-35-27/h1-8,11-12,14,18-19,34H,9-10,13,15-16H2,(H,36,39). The van der Waals surface area contributed by atoms with E-state index in [0.29, 0.717) is 52.1 Å². The third kappa shape index (κ3) is 4.28. The maximum Gasteiger partial charge on any atom is 0.272 e. The number of para-hydroxylation sites is 1. The van der Waals surface area contributed by atoms with Crippen molar-refractivity contribution in [2.75, 3.05) is 13.1 Å². The number of benzene rings is 3. The van der Waals surface area contributed by atoms with Crippen molar-refractivity contribution < 1.29 is 14.0 Å². The summed E-state index contributed by atoms with van der Waals surface area (Å²) in [5.74, 6) is -1.08. The largest absolute Gasteiger partial charge is 0.359 e. The first kappa shape index (κ1) is 25.5. The van der Waals surface area contributed by atoms with E-state index in [4.69, 9.17) is 11.6 Å². The van der Waals surface area contributed by atoms with Crippen LogP contribution in [0.15, 0.2) is 71.7 Å². The molecule has 5 heterocycles. The average molecular weight is 570 g/mol. The average Bonchev–Trinajstić information content (AvgIpc) is 3.44.